The summed E-state index contributed by atoms with van der Waals surface area (Å²) in [5.74, 6) is -1.20. The van der Waals surface area contributed by atoms with Gasteiger partial charge in [0.25, 0.3) is 0 Å². The molecule has 3 nitrogen and oxygen atoms in total. The highest BCUT2D eigenvalue weighted by atomic mass is 35.5. The molecule has 0 aliphatic carbocycles. The van der Waals surface area contributed by atoms with Crippen LogP contribution in [0.25, 0.3) is 0 Å². The van der Waals surface area contributed by atoms with E-state index >= 15 is 0 Å². The minimum Gasteiger partial charge on any atom is -0.452 e. The summed E-state index contributed by atoms with van der Waals surface area (Å²) >= 11 is 5.77. The summed E-state index contributed by atoms with van der Waals surface area (Å²) in [6, 6.07) is 10.8. The molecule has 1 heterocycles. The predicted octanol–water partition coefficient (Wildman–Crippen LogP) is 3.73. The first-order valence-electron chi connectivity index (χ1n) is 5.37. The van der Waals surface area contributed by atoms with Gasteiger partial charge in [-0.3, -0.25) is 4.79 Å². The molecule has 1 atom stereocenters. The van der Waals surface area contributed by atoms with Crippen LogP contribution in [0, 0.1) is 18.3 Å². The van der Waals surface area contributed by atoms with Crippen LogP contribution in [-0.2, 0) is 0 Å². The molecule has 0 amide bonds. The molecule has 0 saturated heterocycles. The molecule has 4 heteroatoms. The quantitative estimate of drug-likeness (QED) is 0.789. The maximum Gasteiger partial charge on any atom is 0.203 e. The lowest BCUT2D eigenvalue weighted by Crippen LogP contribution is -2.12. The number of hydrogen-bond acceptors (Lipinski definition) is 3. The SMILES string of the molecule is Cc1ccccc1C(C#N)C(=O)c1ccoc1Cl. The van der Waals surface area contributed by atoms with E-state index in [0.717, 1.165) is 5.56 Å². The number of halogens is 1. The smallest absolute Gasteiger partial charge is 0.203 e. The number of furan rings is 1. The molecule has 2 rings (SSSR count). The highest BCUT2D eigenvalue weighted by Gasteiger charge is 2.26. The van der Waals surface area contributed by atoms with E-state index in [4.69, 9.17) is 16.0 Å². The molecule has 1 aromatic carbocycles. The van der Waals surface area contributed by atoms with Crippen molar-refractivity contribution in [1.29, 1.82) is 5.26 Å². The molecule has 0 saturated carbocycles. The number of carbonyl (C=O) groups excluding carboxylic acids is 1. The number of Topliss-reactive ketones (excluding diaryl/α,β-unsaturated/α-hetero) is 1. The van der Waals surface area contributed by atoms with Crippen molar-refractivity contribution in [2.24, 2.45) is 0 Å². The van der Waals surface area contributed by atoms with Crippen LogP contribution < -0.4 is 0 Å². The highest BCUT2D eigenvalue weighted by molar-refractivity contribution is 6.32. The number of aryl methyl sites for hydroxylation is 1. The number of benzene rings is 1. The van der Waals surface area contributed by atoms with E-state index in [1.807, 2.05) is 25.1 Å². The van der Waals surface area contributed by atoms with Crippen molar-refractivity contribution < 1.29 is 9.21 Å². The van der Waals surface area contributed by atoms with Crippen LogP contribution in [0.5, 0.6) is 0 Å². The third-order valence-corrected chi connectivity index (χ3v) is 3.07. The Morgan fingerprint density at radius 1 is 1.39 bits per heavy atom. The normalized spacial score (nSPS) is 11.8. The summed E-state index contributed by atoms with van der Waals surface area (Å²) in [5, 5.41) is 9.24. The van der Waals surface area contributed by atoms with Crippen molar-refractivity contribution in [1.82, 2.24) is 0 Å². The average molecular weight is 260 g/mol. The van der Waals surface area contributed by atoms with Crippen LogP contribution in [0.1, 0.15) is 27.4 Å². The standard InChI is InChI=1S/C14H10ClNO2/c1-9-4-2-3-5-10(9)12(8-16)13(17)11-6-7-18-14(11)15/h2-7,12H,1H3. The molecule has 1 unspecified atom stereocenters. The minimum absolute atomic E-state index is 0.0221. The fraction of sp³-hybridized carbons (Fsp3) is 0.143. The topological polar surface area (TPSA) is 54.0 Å². The number of nitrogens with zero attached hydrogens (tertiary/aromatic N) is 1. The lowest BCUT2D eigenvalue weighted by atomic mass is 9.90. The van der Waals surface area contributed by atoms with Gasteiger partial charge in [0.05, 0.1) is 17.9 Å². The van der Waals surface area contributed by atoms with Gasteiger partial charge in [0, 0.05) is 0 Å². The van der Waals surface area contributed by atoms with Gasteiger partial charge in [-0.2, -0.15) is 5.26 Å². The number of ketones is 1. The minimum atomic E-state index is -0.860. The predicted molar refractivity (Wildman–Crippen MR) is 67.6 cm³/mol. The zero-order valence-electron chi connectivity index (χ0n) is 9.68. The zero-order valence-corrected chi connectivity index (χ0v) is 10.4. The Morgan fingerprint density at radius 3 is 2.67 bits per heavy atom. The fourth-order valence-electron chi connectivity index (χ4n) is 1.81. The van der Waals surface area contributed by atoms with E-state index in [1.165, 1.54) is 12.3 Å². The molecule has 18 heavy (non-hydrogen) atoms. The van der Waals surface area contributed by atoms with E-state index in [-0.39, 0.29) is 16.6 Å². The van der Waals surface area contributed by atoms with Crippen LogP contribution in [-0.4, -0.2) is 5.78 Å². The summed E-state index contributed by atoms with van der Waals surface area (Å²) in [6.45, 7) is 1.87. The van der Waals surface area contributed by atoms with E-state index in [2.05, 4.69) is 0 Å². The molecule has 0 aliphatic rings. The molecule has 0 bridgehead atoms. The molecular weight excluding hydrogens is 250 g/mol. The Kier molecular flexibility index (Phi) is 3.50. The molecule has 0 N–H and O–H groups in total. The highest BCUT2D eigenvalue weighted by Crippen LogP contribution is 2.27. The van der Waals surface area contributed by atoms with Crippen molar-refractivity contribution in [2.75, 3.05) is 0 Å². The average Bonchev–Trinajstić information content (AvgIpc) is 2.78. The lowest BCUT2D eigenvalue weighted by molar-refractivity contribution is 0.0978. The maximum absolute atomic E-state index is 12.2. The third kappa shape index (κ3) is 2.15. The van der Waals surface area contributed by atoms with Crippen molar-refractivity contribution in [3.8, 4) is 6.07 Å². The van der Waals surface area contributed by atoms with E-state index < -0.39 is 5.92 Å². The summed E-state index contributed by atoms with van der Waals surface area (Å²) in [6.07, 6.45) is 1.34. The Balaban J connectivity index is 2.43. The van der Waals surface area contributed by atoms with Crippen LogP contribution in [0.15, 0.2) is 41.0 Å². The fourth-order valence-corrected chi connectivity index (χ4v) is 2.01. The first kappa shape index (κ1) is 12.4. The van der Waals surface area contributed by atoms with E-state index in [9.17, 15) is 10.1 Å². The number of nitriles is 1. The summed E-state index contributed by atoms with van der Waals surface area (Å²) in [4.78, 5) is 12.2. The Labute approximate surface area is 110 Å². The van der Waals surface area contributed by atoms with Crippen LogP contribution >= 0.6 is 11.6 Å². The van der Waals surface area contributed by atoms with Gasteiger partial charge in [0.15, 0.2) is 5.78 Å². The first-order valence-corrected chi connectivity index (χ1v) is 5.75. The van der Waals surface area contributed by atoms with Gasteiger partial charge in [-0.15, -0.1) is 0 Å². The van der Waals surface area contributed by atoms with Crippen molar-refractivity contribution in [3.05, 3.63) is 58.5 Å². The van der Waals surface area contributed by atoms with E-state index in [0.29, 0.717) is 5.56 Å². The summed E-state index contributed by atoms with van der Waals surface area (Å²) in [7, 11) is 0. The van der Waals surface area contributed by atoms with Gasteiger partial charge in [0.1, 0.15) is 5.92 Å². The van der Waals surface area contributed by atoms with Crippen LogP contribution in [0.2, 0.25) is 5.22 Å². The molecule has 0 fully saturated rings. The summed E-state index contributed by atoms with van der Waals surface area (Å²) < 4.78 is 4.88. The van der Waals surface area contributed by atoms with Gasteiger partial charge in [0.2, 0.25) is 5.22 Å². The number of rotatable bonds is 3. The van der Waals surface area contributed by atoms with Crippen LogP contribution in [0.3, 0.4) is 0 Å². The van der Waals surface area contributed by atoms with Gasteiger partial charge < -0.3 is 4.42 Å². The molecule has 2 aromatic rings. The van der Waals surface area contributed by atoms with Crippen molar-refractivity contribution >= 4 is 17.4 Å². The zero-order chi connectivity index (χ0) is 13.1. The Hall–Kier alpha value is -2.05. The van der Waals surface area contributed by atoms with E-state index in [1.54, 1.807) is 12.1 Å². The molecule has 1 aromatic heterocycles. The Morgan fingerprint density at radius 2 is 2.11 bits per heavy atom. The maximum atomic E-state index is 12.2. The molecule has 90 valence electrons. The largest absolute Gasteiger partial charge is 0.452 e. The van der Waals surface area contributed by atoms with Gasteiger partial charge >= 0.3 is 0 Å². The molecule has 0 radical (unpaired) electrons. The summed E-state index contributed by atoms with van der Waals surface area (Å²) in [5.41, 5.74) is 1.84. The van der Waals surface area contributed by atoms with Gasteiger partial charge in [-0.05, 0) is 35.7 Å². The monoisotopic (exact) mass is 259 g/mol. The van der Waals surface area contributed by atoms with Gasteiger partial charge in [-0.1, -0.05) is 24.3 Å². The van der Waals surface area contributed by atoms with Crippen molar-refractivity contribution in [2.45, 2.75) is 12.8 Å². The molecule has 0 spiro atoms. The van der Waals surface area contributed by atoms with Gasteiger partial charge in [-0.25, -0.2) is 0 Å². The Bertz CT molecular complexity index is 625. The number of hydrogen-bond donors (Lipinski definition) is 0. The number of carbonyl (C=O) groups is 1. The first-order chi connectivity index (χ1) is 8.65. The second kappa shape index (κ2) is 5.07. The van der Waals surface area contributed by atoms with Crippen molar-refractivity contribution in [3.63, 3.8) is 0 Å². The second-order valence-corrected chi connectivity index (χ2v) is 4.23. The molecular formula is C14H10ClNO2. The van der Waals surface area contributed by atoms with Crippen LogP contribution in [0.4, 0.5) is 0 Å². The molecule has 0 aliphatic heterocycles. The second-order valence-electron chi connectivity index (χ2n) is 3.89. The third-order valence-electron chi connectivity index (χ3n) is 2.77. The lowest BCUT2D eigenvalue weighted by Gasteiger charge is -2.10.